The minimum absolute atomic E-state index is 0.191. The van der Waals surface area contributed by atoms with Crippen LogP contribution in [0.2, 0.25) is 5.02 Å². The summed E-state index contributed by atoms with van der Waals surface area (Å²) in [4.78, 5) is 12.3. The van der Waals surface area contributed by atoms with Gasteiger partial charge in [0.2, 0.25) is 0 Å². The van der Waals surface area contributed by atoms with Crippen molar-refractivity contribution < 1.29 is 13.7 Å². The average Bonchev–Trinajstić information content (AvgIpc) is 2.58. The largest absolute Gasteiger partial charge is 0.488 e. The van der Waals surface area contributed by atoms with E-state index < -0.39 is 10.8 Å². The molecule has 1 atom stereocenters. The fraction of sp³-hybridized carbons (Fsp3) is 0.278. The number of benzene rings is 2. The van der Waals surface area contributed by atoms with Gasteiger partial charge in [0.15, 0.2) is 0 Å². The molecule has 0 spiro atoms. The lowest BCUT2D eigenvalue weighted by Gasteiger charge is -2.12. The molecule has 24 heavy (non-hydrogen) atoms. The quantitative estimate of drug-likeness (QED) is 0.729. The van der Waals surface area contributed by atoms with Gasteiger partial charge in [-0.05, 0) is 36.2 Å². The number of ether oxygens (including phenoxy) is 1. The Labute approximate surface area is 149 Å². The Morgan fingerprint density at radius 3 is 2.58 bits per heavy atom. The topological polar surface area (TPSA) is 55.4 Å². The van der Waals surface area contributed by atoms with E-state index in [-0.39, 0.29) is 5.91 Å². The second kappa shape index (κ2) is 9.45. The summed E-state index contributed by atoms with van der Waals surface area (Å²) in [5.74, 6) is 0.919. The SMILES string of the molecule is CS(=O)CCCNC(=O)c1ccccc1OCc1ccc(Cl)cc1. The number of carbonyl (C=O) groups excluding carboxylic acids is 1. The van der Waals surface area contributed by atoms with E-state index >= 15 is 0 Å². The number of carbonyl (C=O) groups is 1. The van der Waals surface area contributed by atoms with Crippen LogP contribution < -0.4 is 10.1 Å². The van der Waals surface area contributed by atoms with E-state index in [0.29, 0.717) is 41.7 Å². The summed E-state index contributed by atoms with van der Waals surface area (Å²) in [7, 11) is -0.841. The molecule has 1 N–H and O–H groups in total. The molecule has 0 aliphatic carbocycles. The molecule has 0 radical (unpaired) electrons. The van der Waals surface area contributed by atoms with Crippen molar-refractivity contribution >= 4 is 28.3 Å². The minimum atomic E-state index is -0.841. The second-order valence-electron chi connectivity index (χ2n) is 5.30. The molecule has 2 aromatic carbocycles. The van der Waals surface area contributed by atoms with Crippen molar-refractivity contribution in [3.8, 4) is 5.75 Å². The number of hydrogen-bond donors (Lipinski definition) is 1. The fourth-order valence-electron chi connectivity index (χ4n) is 2.09. The summed E-state index contributed by atoms with van der Waals surface area (Å²) >= 11 is 5.86. The number of amides is 1. The van der Waals surface area contributed by atoms with Crippen molar-refractivity contribution in [2.75, 3.05) is 18.6 Å². The maximum absolute atomic E-state index is 12.3. The lowest BCUT2D eigenvalue weighted by Crippen LogP contribution is -2.25. The van der Waals surface area contributed by atoms with Gasteiger partial charge in [-0.2, -0.15) is 0 Å². The van der Waals surface area contributed by atoms with Gasteiger partial charge >= 0.3 is 0 Å². The fourth-order valence-corrected chi connectivity index (χ4v) is 2.77. The molecule has 1 amide bonds. The van der Waals surface area contributed by atoms with Gasteiger partial charge in [-0.25, -0.2) is 0 Å². The van der Waals surface area contributed by atoms with E-state index in [2.05, 4.69) is 5.32 Å². The molecular formula is C18H20ClNO3S. The van der Waals surface area contributed by atoms with Crippen LogP contribution in [0.4, 0.5) is 0 Å². The molecule has 2 rings (SSSR count). The smallest absolute Gasteiger partial charge is 0.255 e. The lowest BCUT2D eigenvalue weighted by molar-refractivity contribution is 0.0949. The average molecular weight is 366 g/mol. The predicted octanol–water partition coefficient (Wildman–Crippen LogP) is 3.42. The van der Waals surface area contributed by atoms with Crippen LogP contribution in [-0.2, 0) is 17.4 Å². The Morgan fingerprint density at radius 2 is 1.88 bits per heavy atom. The molecule has 0 aliphatic rings. The van der Waals surface area contributed by atoms with Gasteiger partial charge in [0, 0.05) is 34.4 Å². The maximum Gasteiger partial charge on any atom is 0.255 e. The zero-order chi connectivity index (χ0) is 17.4. The summed E-state index contributed by atoms with van der Waals surface area (Å²) in [5, 5.41) is 3.50. The van der Waals surface area contributed by atoms with Gasteiger partial charge < -0.3 is 10.1 Å². The van der Waals surface area contributed by atoms with Crippen molar-refractivity contribution in [2.45, 2.75) is 13.0 Å². The van der Waals surface area contributed by atoms with Crippen LogP contribution in [0.15, 0.2) is 48.5 Å². The molecule has 2 aromatic rings. The predicted molar refractivity (Wildman–Crippen MR) is 98.1 cm³/mol. The highest BCUT2D eigenvalue weighted by Crippen LogP contribution is 2.20. The van der Waals surface area contributed by atoms with Crippen molar-refractivity contribution in [3.63, 3.8) is 0 Å². The van der Waals surface area contributed by atoms with E-state index in [0.717, 1.165) is 5.56 Å². The number of hydrogen-bond acceptors (Lipinski definition) is 3. The van der Waals surface area contributed by atoms with Gasteiger partial charge in [0.25, 0.3) is 5.91 Å². The van der Waals surface area contributed by atoms with Gasteiger partial charge in [-0.1, -0.05) is 35.9 Å². The second-order valence-corrected chi connectivity index (χ2v) is 7.29. The third kappa shape index (κ3) is 5.98. The Kier molecular flexibility index (Phi) is 7.28. The normalized spacial score (nSPS) is 11.8. The van der Waals surface area contributed by atoms with Crippen LogP contribution in [0.25, 0.3) is 0 Å². The maximum atomic E-state index is 12.3. The first kappa shape index (κ1) is 18.5. The molecule has 0 aromatic heterocycles. The van der Waals surface area contributed by atoms with Crippen LogP contribution in [0.5, 0.6) is 5.75 Å². The highest BCUT2D eigenvalue weighted by Gasteiger charge is 2.11. The minimum Gasteiger partial charge on any atom is -0.488 e. The van der Waals surface area contributed by atoms with E-state index in [4.69, 9.17) is 16.3 Å². The monoisotopic (exact) mass is 365 g/mol. The van der Waals surface area contributed by atoms with Gasteiger partial charge in [0.1, 0.15) is 12.4 Å². The molecule has 128 valence electrons. The Bertz CT molecular complexity index is 704. The summed E-state index contributed by atoms with van der Waals surface area (Å²) in [5.41, 5.74) is 1.46. The van der Waals surface area contributed by atoms with Crippen LogP contribution in [0.3, 0.4) is 0 Å². The van der Waals surface area contributed by atoms with E-state index in [1.165, 1.54) is 0 Å². The van der Waals surface area contributed by atoms with Crippen LogP contribution in [0, 0.1) is 0 Å². The number of rotatable bonds is 8. The molecule has 0 saturated heterocycles. The summed E-state index contributed by atoms with van der Waals surface area (Å²) in [6.07, 6.45) is 2.34. The van der Waals surface area contributed by atoms with Crippen molar-refractivity contribution in [3.05, 3.63) is 64.7 Å². The zero-order valence-electron chi connectivity index (χ0n) is 13.5. The van der Waals surface area contributed by atoms with E-state index in [1.807, 2.05) is 18.2 Å². The number of para-hydroxylation sites is 1. The standard InChI is InChI=1S/C18H20ClNO3S/c1-24(22)12-4-11-20-18(21)16-5-2-3-6-17(16)23-13-14-7-9-15(19)10-8-14/h2-3,5-10H,4,11-13H2,1H3,(H,20,21). The third-order valence-electron chi connectivity index (χ3n) is 3.33. The van der Waals surface area contributed by atoms with Gasteiger partial charge in [-0.15, -0.1) is 0 Å². The molecule has 1 unspecified atom stereocenters. The zero-order valence-corrected chi connectivity index (χ0v) is 15.0. The molecular weight excluding hydrogens is 346 g/mol. The molecule has 0 bridgehead atoms. The third-order valence-corrected chi connectivity index (χ3v) is 4.45. The molecule has 4 nitrogen and oxygen atoms in total. The Balaban J connectivity index is 1.94. The van der Waals surface area contributed by atoms with Gasteiger partial charge in [-0.3, -0.25) is 9.00 Å². The first-order chi connectivity index (χ1) is 11.6. The summed E-state index contributed by atoms with van der Waals surface area (Å²) < 4.78 is 16.8. The molecule has 0 saturated carbocycles. The highest BCUT2D eigenvalue weighted by atomic mass is 35.5. The summed E-state index contributed by atoms with van der Waals surface area (Å²) in [6.45, 7) is 0.847. The van der Waals surface area contributed by atoms with Crippen LogP contribution in [-0.4, -0.2) is 28.7 Å². The lowest BCUT2D eigenvalue weighted by atomic mass is 10.2. The number of halogens is 1. The van der Waals surface area contributed by atoms with E-state index in [1.54, 1.807) is 36.6 Å². The molecule has 6 heteroatoms. The first-order valence-electron chi connectivity index (χ1n) is 7.61. The number of nitrogens with one attached hydrogen (secondary N) is 1. The van der Waals surface area contributed by atoms with Crippen LogP contribution >= 0.6 is 11.6 Å². The Hall–Kier alpha value is -1.85. The highest BCUT2D eigenvalue weighted by molar-refractivity contribution is 7.84. The van der Waals surface area contributed by atoms with Crippen molar-refractivity contribution in [1.82, 2.24) is 5.32 Å². The summed E-state index contributed by atoms with van der Waals surface area (Å²) in [6, 6.07) is 14.5. The van der Waals surface area contributed by atoms with Crippen LogP contribution in [0.1, 0.15) is 22.3 Å². The molecule has 0 aliphatic heterocycles. The Morgan fingerprint density at radius 1 is 1.17 bits per heavy atom. The van der Waals surface area contributed by atoms with Gasteiger partial charge in [0.05, 0.1) is 5.56 Å². The van der Waals surface area contributed by atoms with Crippen molar-refractivity contribution in [2.24, 2.45) is 0 Å². The van der Waals surface area contributed by atoms with E-state index in [9.17, 15) is 9.00 Å². The first-order valence-corrected chi connectivity index (χ1v) is 9.71. The molecule has 0 fully saturated rings. The molecule has 0 heterocycles. The van der Waals surface area contributed by atoms with Crippen molar-refractivity contribution in [1.29, 1.82) is 0 Å².